The van der Waals surface area contributed by atoms with E-state index < -0.39 is 10.0 Å². The maximum Gasteiger partial charge on any atom is 0.241 e. The number of methoxy groups -OCH3 is 1. The second-order valence-electron chi connectivity index (χ2n) is 8.30. The van der Waals surface area contributed by atoms with Crippen molar-refractivity contribution in [3.8, 4) is 11.5 Å². The van der Waals surface area contributed by atoms with Crippen molar-refractivity contribution in [3.05, 3.63) is 89.5 Å². The second kappa shape index (κ2) is 11.8. The number of hydrogen-bond donors (Lipinski definition) is 1. The van der Waals surface area contributed by atoms with E-state index >= 15 is 0 Å². The van der Waals surface area contributed by atoms with E-state index in [4.69, 9.17) is 9.47 Å². The van der Waals surface area contributed by atoms with Crippen molar-refractivity contribution in [2.75, 3.05) is 24.2 Å². The molecule has 3 aromatic carbocycles. The zero-order valence-electron chi connectivity index (χ0n) is 20.5. The fraction of sp³-hybridized carbons (Fsp3) is 0.296. The van der Waals surface area contributed by atoms with E-state index in [1.165, 1.54) is 0 Å². The van der Waals surface area contributed by atoms with E-state index in [9.17, 15) is 13.2 Å². The summed E-state index contributed by atoms with van der Waals surface area (Å²) in [7, 11) is -2.07. The molecule has 0 aliphatic heterocycles. The molecule has 35 heavy (non-hydrogen) atoms. The monoisotopic (exact) mass is 496 g/mol. The number of nitrogens with one attached hydrogen (secondary N) is 1. The number of benzene rings is 3. The minimum Gasteiger partial charge on any atom is -0.496 e. The fourth-order valence-electron chi connectivity index (χ4n) is 3.76. The molecular weight excluding hydrogens is 464 g/mol. The zero-order chi connectivity index (χ0) is 25.4. The molecular formula is C27H32N2O5S. The molecule has 1 N–H and O–H groups in total. The smallest absolute Gasteiger partial charge is 0.241 e. The maximum atomic E-state index is 12.9. The second-order valence-corrected chi connectivity index (χ2v) is 10.2. The van der Waals surface area contributed by atoms with Crippen LogP contribution < -0.4 is 19.1 Å². The molecule has 1 unspecified atom stereocenters. The molecule has 0 spiro atoms. The molecule has 0 aliphatic carbocycles. The van der Waals surface area contributed by atoms with Crippen molar-refractivity contribution in [3.63, 3.8) is 0 Å². The molecule has 0 heterocycles. The highest BCUT2D eigenvalue weighted by Crippen LogP contribution is 2.25. The van der Waals surface area contributed by atoms with Gasteiger partial charge in [0.15, 0.2) is 0 Å². The standard InChI is InChI=1S/C27H32N2O5S/c1-5-25(22-11-16-26(33-3)20(2)17-22)28-27(30)18-29(35(4,31)32)23-12-14-24(15-13-23)34-19-21-9-7-6-8-10-21/h6-17,25H,5,18-19H2,1-4H3,(H,28,30). The minimum absolute atomic E-state index is 0.248. The van der Waals surface area contributed by atoms with Gasteiger partial charge in [0.05, 0.1) is 25.1 Å². The molecule has 0 radical (unpaired) electrons. The third-order valence-corrected chi connectivity index (χ3v) is 6.77. The molecule has 8 heteroatoms. The van der Waals surface area contributed by atoms with Crippen LogP contribution in [0, 0.1) is 6.92 Å². The van der Waals surface area contributed by atoms with Crippen molar-refractivity contribution >= 4 is 21.6 Å². The number of anilines is 1. The Morgan fingerprint density at radius 1 is 1.03 bits per heavy atom. The summed E-state index contributed by atoms with van der Waals surface area (Å²) in [4.78, 5) is 12.9. The SMILES string of the molecule is CCC(NC(=O)CN(c1ccc(OCc2ccccc2)cc1)S(C)(=O)=O)c1ccc(OC)c(C)c1. The van der Waals surface area contributed by atoms with E-state index in [0.717, 1.165) is 33.0 Å². The predicted molar refractivity (Wildman–Crippen MR) is 138 cm³/mol. The number of rotatable bonds is 11. The summed E-state index contributed by atoms with van der Waals surface area (Å²) in [5.74, 6) is 0.992. The van der Waals surface area contributed by atoms with Gasteiger partial charge in [0, 0.05) is 0 Å². The highest BCUT2D eigenvalue weighted by Gasteiger charge is 2.23. The van der Waals surface area contributed by atoms with Crippen molar-refractivity contribution < 1.29 is 22.7 Å². The van der Waals surface area contributed by atoms with Gasteiger partial charge in [0.1, 0.15) is 24.7 Å². The summed E-state index contributed by atoms with van der Waals surface area (Å²) in [6.07, 6.45) is 1.74. The molecule has 3 aromatic rings. The Morgan fingerprint density at radius 3 is 2.29 bits per heavy atom. The molecule has 0 saturated carbocycles. The molecule has 0 aliphatic rings. The molecule has 0 bridgehead atoms. The first-order valence-electron chi connectivity index (χ1n) is 11.4. The van der Waals surface area contributed by atoms with Gasteiger partial charge < -0.3 is 14.8 Å². The number of amides is 1. The maximum absolute atomic E-state index is 12.9. The lowest BCUT2D eigenvalue weighted by Crippen LogP contribution is -2.41. The Bertz CT molecular complexity index is 1230. The van der Waals surface area contributed by atoms with Crippen molar-refractivity contribution in [2.45, 2.75) is 32.9 Å². The lowest BCUT2D eigenvalue weighted by Gasteiger charge is -2.24. The van der Waals surface area contributed by atoms with Crippen LogP contribution in [0.1, 0.15) is 36.1 Å². The normalized spacial score (nSPS) is 12.0. The van der Waals surface area contributed by atoms with Gasteiger partial charge in [-0.25, -0.2) is 8.42 Å². The molecule has 1 atom stereocenters. The van der Waals surface area contributed by atoms with Crippen LogP contribution in [0.25, 0.3) is 0 Å². The first kappa shape index (κ1) is 26.1. The van der Waals surface area contributed by atoms with E-state index in [1.807, 2.05) is 62.4 Å². The fourth-order valence-corrected chi connectivity index (χ4v) is 4.62. The molecule has 186 valence electrons. The Morgan fingerprint density at radius 2 is 1.71 bits per heavy atom. The number of sulfonamides is 1. The quantitative estimate of drug-likeness (QED) is 0.419. The van der Waals surface area contributed by atoms with Crippen LogP contribution in [0.4, 0.5) is 5.69 Å². The first-order chi connectivity index (χ1) is 16.7. The van der Waals surface area contributed by atoms with Crippen molar-refractivity contribution in [1.82, 2.24) is 5.32 Å². The summed E-state index contributed by atoms with van der Waals surface area (Å²) in [6, 6.07) is 21.9. The topological polar surface area (TPSA) is 84.9 Å². The van der Waals surface area contributed by atoms with Gasteiger partial charge in [0.2, 0.25) is 15.9 Å². The lowest BCUT2D eigenvalue weighted by molar-refractivity contribution is -0.120. The first-order valence-corrected chi connectivity index (χ1v) is 13.2. The van der Waals surface area contributed by atoms with Gasteiger partial charge in [0.25, 0.3) is 0 Å². The minimum atomic E-state index is -3.69. The molecule has 0 fully saturated rings. The predicted octanol–water partition coefficient (Wildman–Crippen LogP) is 4.62. The number of nitrogens with zero attached hydrogens (tertiary/aromatic N) is 1. The van der Waals surface area contributed by atoms with Gasteiger partial charge in [-0.1, -0.05) is 49.4 Å². The van der Waals surface area contributed by atoms with Gasteiger partial charge in [-0.15, -0.1) is 0 Å². The van der Waals surface area contributed by atoms with Crippen LogP contribution in [-0.2, 0) is 21.4 Å². The molecule has 7 nitrogen and oxygen atoms in total. The highest BCUT2D eigenvalue weighted by molar-refractivity contribution is 7.92. The van der Waals surface area contributed by atoms with Gasteiger partial charge >= 0.3 is 0 Å². The summed E-state index contributed by atoms with van der Waals surface area (Å²) in [5, 5.41) is 2.96. The van der Waals surface area contributed by atoms with Crippen molar-refractivity contribution in [1.29, 1.82) is 0 Å². The van der Waals surface area contributed by atoms with Gasteiger partial charge in [-0.3, -0.25) is 9.10 Å². The van der Waals surface area contributed by atoms with Gasteiger partial charge in [-0.05, 0) is 60.4 Å². The van der Waals surface area contributed by atoms with Crippen LogP contribution in [0.5, 0.6) is 11.5 Å². The van der Waals surface area contributed by atoms with Crippen LogP contribution in [-0.4, -0.2) is 34.2 Å². The molecule has 3 rings (SSSR count). The average molecular weight is 497 g/mol. The molecule has 0 saturated heterocycles. The molecule has 0 aromatic heterocycles. The van der Waals surface area contributed by atoms with E-state index in [-0.39, 0.29) is 18.5 Å². The summed E-state index contributed by atoms with van der Waals surface area (Å²) < 4.78 is 37.2. The number of carbonyl (C=O) groups excluding carboxylic acids is 1. The Hall–Kier alpha value is -3.52. The van der Waals surface area contributed by atoms with E-state index in [2.05, 4.69) is 5.32 Å². The van der Waals surface area contributed by atoms with Gasteiger partial charge in [-0.2, -0.15) is 0 Å². The largest absolute Gasteiger partial charge is 0.496 e. The van der Waals surface area contributed by atoms with Crippen molar-refractivity contribution in [2.24, 2.45) is 0 Å². The number of hydrogen-bond acceptors (Lipinski definition) is 5. The summed E-state index contributed by atoms with van der Waals surface area (Å²) in [6.45, 7) is 3.98. The van der Waals surface area contributed by atoms with Crippen LogP contribution >= 0.6 is 0 Å². The Kier molecular flexibility index (Phi) is 8.76. The lowest BCUT2D eigenvalue weighted by atomic mass is 10.0. The summed E-state index contributed by atoms with van der Waals surface area (Å²) in [5.41, 5.74) is 3.32. The van der Waals surface area contributed by atoms with Crippen LogP contribution in [0.3, 0.4) is 0 Å². The van der Waals surface area contributed by atoms with E-state index in [1.54, 1.807) is 31.4 Å². The Labute approximate surface area is 207 Å². The third kappa shape index (κ3) is 7.23. The Balaban J connectivity index is 1.69. The summed E-state index contributed by atoms with van der Waals surface area (Å²) >= 11 is 0. The van der Waals surface area contributed by atoms with Crippen LogP contribution in [0.2, 0.25) is 0 Å². The van der Waals surface area contributed by atoms with E-state index in [0.29, 0.717) is 24.5 Å². The average Bonchev–Trinajstić information content (AvgIpc) is 2.85. The van der Waals surface area contributed by atoms with Crippen LogP contribution in [0.15, 0.2) is 72.8 Å². The number of aryl methyl sites for hydroxylation is 1. The zero-order valence-corrected chi connectivity index (χ0v) is 21.3. The highest BCUT2D eigenvalue weighted by atomic mass is 32.2. The number of ether oxygens (including phenoxy) is 2. The number of carbonyl (C=O) groups is 1. The third-order valence-electron chi connectivity index (χ3n) is 5.63. The molecule has 1 amide bonds.